The van der Waals surface area contributed by atoms with Crippen LogP contribution in [0, 0.1) is 0 Å². The van der Waals surface area contributed by atoms with Gasteiger partial charge in [0.05, 0.1) is 0 Å². The van der Waals surface area contributed by atoms with Crippen molar-refractivity contribution in [3.63, 3.8) is 0 Å². The third-order valence-corrected chi connectivity index (χ3v) is 3.20. The first-order chi connectivity index (χ1) is 10.8. The van der Waals surface area contributed by atoms with E-state index in [1.807, 2.05) is 20.8 Å². The molecule has 1 amide bonds. The van der Waals surface area contributed by atoms with Gasteiger partial charge in [0.15, 0.2) is 5.78 Å². The molecule has 23 heavy (non-hydrogen) atoms. The third kappa shape index (κ3) is 4.86. The standard InChI is InChI=1S/C17H18ClN3O2/c1-17(2,3)21-16(23)15-12(5-4-7-20-15)9-13(22)11-6-8-19-14(18)10-11/h4-8,10H,9H2,1-3H3,(H,21,23). The number of nitrogens with one attached hydrogen (secondary N) is 1. The highest BCUT2D eigenvalue weighted by Gasteiger charge is 2.20. The van der Waals surface area contributed by atoms with Gasteiger partial charge in [-0.05, 0) is 44.5 Å². The fourth-order valence-electron chi connectivity index (χ4n) is 2.04. The lowest BCUT2D eigenvalue weighted by atomic mass is 10.0. The van der Waals surface area contributed by atoms with E-state index in [0.717, 1.165) is 0 Å². The number of nitrogens with zero attached hydrogens (tertiary/aromatic N) is 2. The van der Waals surface area contributed by atoms with Crippen molar-refractivity contribution in [3.8, 4) is 0 Å². The van der Waals surface area contributed by atoms with Crippen LogP contribution in [0.3, 0.4) is 0 Å². The van der Waals surface area contributed by atoms with Crippen LogP contribution in [0.5, 0.6) is 0 Å². The molecule has 5 nitrogen and oxygen atoms in total. The Labute approximate surface area is 140 Å². The molecule has 0 atom stereocenters. The lowest BCUT2D eigenvalue weighted by Gasteiger charge is -2.20. The monoisotopic (exact) mass is 331 g/mol. The largest absolute Gasteiger partial charge is 0.346 e. The van der Waals surface area contributed by atoms with E-state index in [1.54, 1.807) is 18.2 Å². The first kappa shape index (κ1) is 17.1. The Balaban J connectivity index is 2.24. The Hall–Kier alpha value is -2.27. The molecule has 2 heterocycles. The summed E-state index contributed by atoms with van der Waals surface area (Å²) < 4.78 is 0. The number of carbonyl (C=O) groups excluding carboxylic acids is 2. The van der Waals surface area contributed by atoms with Crippen molar-refractivity contribution in [1.29, 1.82) is 0 Å². The number of aromatic nitrogens is 2. The summed E-state index contributed by atoms with van der Waals surface area (Å²) in [6.07, 6.45) is 3.09. The maximum atomic E-state index is 12.4. The molecule has 0 aliphatic heterocycles. The second-order valence-electron chi connectivity index (χ2n) is 6.18. The predicted molar refractivity (Wildman–Crippen MR) is 88.7 cm³/mol. The maximum absolute atomic E-state index is 12.4. The Kier molecular flexibility index (Phi) is 5.11. The summed E-state index contributed by atoms with van der Waals surface area (Å²) >= 11 is 5.81. The van der Waals surface area contributed by atoms with Crippen LogP contribution in [0.2, 0.25) is 5.15 Å². The van der Waals surface area contributed by atoms with Gasteiger partial charge in [-0.2, -0.15) is 0 Å². The van der Waals surface area contributed by atoms with Gasteiger partial charge in [-0.25, -0.2) is 4.98 Å². The van der Waals surface area contributed by atoms with Crippen molar-refractivity contribution in [3.05, 3.63) is 58.6 Å². The van der Waals surface area contributed by atoms with Crippen LogP contribution in [0.25, 0.3) is 0 Å². The van der Waals surface area contributed by atoms with Gasteiger partial charge in [0.2, 0.25) is 0 Å². The Morgan fingerprint density at radius 3 is 2.57 bits per heavy atom. The smallest absolute Gasteiger partial charge is 0.270 e. The highest BCUT2D eigenvalue weighted by molar-refractivity contribution is 6.29. The van der Waals surface area contributed by atoms with E-state index in [2.05, 4.69) is 15.3 Å². The van der Waals surface area contributed by atoms with Gasteiger partial charge in [0.25, 0.3) is 5.91 Å². The van der Waals surface area contributed by atoms with Gasteiger partial charge in [0, 0.05) is 29.9 Å². The molecule has 0 aliphatic rings. The normalized spacial score (nSPS) is 11.1. The number of ketones is 1. The minimum absolute atomic E-state index is 0.0705. The number of rotatable bonds is 4. The summed E-state index contributed by atoms with van der Waals surface area (Å²) in [4.78, 5) is 32.7. The Morgan fingerprint density at radius 1 is 1.17 bits per heavy atom. The molecule has 0 aromatic carbocycles. The molecular weight excluding hydrogens is 314 g/mol. The molecule has 0 saturated carbocycles. The summed E-state index contributed by atoms with van der Waals surface area (Å²) in [5.74, 6) is -0.444. The second kappa shape index (κ2) is 6.87. The van der Waals surface area contributed by atoms with Crippen LogP contribution >= 0.6 is 11.6 Å². The number of halogens is 1. The van der Waals surface area contributed by atoms with Crippen molar-refractivity contribution in [2.24, 2.45) is 0 Å². The topological polar surface area (TPSA) is 72.0 Å². The molecule has 0 aliphatic carbocycles. The van der Waals surface area contributed by atoms with Gasteiger partial charge in [-0.15, -0.1) is 0 Å². The Morgan fingerprint density at radius 2 is 1.91 bits per heavy atom. The summed E-state index contributed by atoms with van der Waals surface area (Å²) in [6, 6.07) is 6.54. The molecule has 0 saturated heterocycles. The zero-order chi connectivity index (χ0) is 17.0. The van der Waals surface area contributed by atoms with Gasteiger partial charge < -0.3 is 5.32 Å². The minimum Gasteiger partial charge on any atom is -0.346 e. The first-order valence-electron chi connectivity index (χ1n) is 7.17. The molecular formula is C17H18ClN3O2. The SMILES string of the molecule is CC(C)(C)NC(=O)c1ncccc1CC(=O)c1ccnc(Cl)c1. The summed E-state index contributed by atoms with van der Waals surface area (Å²) in [6.45, 7) is 5.66. The first-order valence-corrected chi connectivity index (χ1v) is 7.55. The minimum atomic E-state index is -0.380. The average Bonchev–Trinajstić information content (AvgIpc) is 2.46. The molecule has 1 N–H and O–H groups in total. The molecule has 2 aromatic rings. The lowest BCUT2D eigenvalue weighted by Crippen LogP contribution is -2.41. The molecule has 0 bridgehead atoms. The van der Waals surface area contributed by atoms with E-state index in [1.165, 1.54) is 18.5 Å². The van der Waals surface area contributed by atoms with Crippen LogP contribution < -0.4 is 5.32 Å². The van der Waals surface area contributed by atoms with E-state index in [-0.39, 0.29) is 34.5 Å². The second-order valence-corrected chi connectivity index (χ2v) is 6.57. The number of hydrogen-bond acceptors (Lipinski definition) is 4. The van der Waals surface area contributed by atoms with Gasteiger partial charge >= 0.3 is 0 Å². The van der Waals surface area contributed by atoms with Crippen molar-refractivity contribution in [2.75, 3.05) is 0 Å². The van der Waals surface area contributed by atoms with Gasteiger partial charge in [0.1, 0.15) is 10.8 Å². The van der Waals surface area contributed by atoms with Crippen LogP contribution in [0.1, 0.15) is 47.2 Å². The highest BCUT2D eigenvalue weighted by atomic mass is 35.5. The van der Waals surface area contributed by atoms with Crippen LogP contribution in [-0.2, 0) is 6.42 Å². The quantitative estimate of drug-likeness (QED) is 0.690. The van der Waals surface area contributed by atoms with Crippen molar-refractivity contribution >= 4 is 23.3 Å². The number of hydrogen-bond donors (Lipinski definition) is 1. The zero-order valence-electron chi connectivity index (χ0n) is 13.3. The summed E-state index contributed by atoms with van der Waals surface area (Å²) in [7, 11) is 0. The molecule has 0 unspecified atom stereocenters. The average molecular weight is 332 g/mol. The number of carbonyl (C=O) groups is 2. The van der Waals surface area contributed by atoms with E-state index in [0.29, 0.717) is 11.1 Å². The fraction of sp³-hybridized carbons (Fsp3) is 0.294. The number of pyridine rings is 2. The summed E-state index contributed by atoms with van der Waals surface area (Å²) in [5.41, 5.74) is 0.910. The van der Waals surface area contributed by atoms with Crippen LogP contribution in [0.15, 0.2) is 36.7 Å². The van der Waals surface area contributed by atoms with Crippen molar-refractivity contribution in [1.82, 2.24) is 15.3 Å². The molecule has 120 valence electrons. The van der Waals surface area contributed by atoms with Crippen molar-refractivity contribution < 1.29 is 9.59 Å². The van der Waals surface area contributed by atoms with E-state index >= 15 is 0 Å². The number of Topliss-reactive ketones (excluding diaryl/α,β-unsaturated/α-hetero) is 1. The molecule has 6 heteroatoms. The molecule has 0 spiro atoms. The van der Waals surface area contributed by atoms with Gasteiger partial charge in [-0.1, -0.05) is 17.7 Å². The van der Waals surface area contributed by atoms with E-state index < -0.39 is 0 Å². The number of amides is 1. The van der Waals surface area contributed by atoms with Crippen molar-refractivity contribution in [2.45, 2.75) is 32.7 Å². The highest BCUT2D eigenvalue weighted by Crippen LogP contribution is 2.14. The van der Waals surface area contributed by atoms with Gasteiger partial charge in [-0.3, -0.25) is 14.6 Å². The van der Waals surface area contributed by atoms with Crippen LogP contribution in [-0.4, -0.2) is 27.2 Å². The molecule has 2 rings (SSSR count). The maximum Gasteiger partial charge on any atom is 0.270 e. The van der Waals surface area contributed by atoms with E-state index in [4.69, 9.17) is 11.6 Å². The summed E-state index contributed by atoms with van der Waals surface area (Å²) in [5, 5.41) is 3.11. The predicted octanol–water partition coefficient (Wildman–Crippen LogP) is 3.08. The Bertz CT molecular complexity index is 739. The lowest BCUT2D eigenvalue weighted by molar-refractivity contribution is 0.0913. The zero-order valence-corrected chi connectivity index (χ0v) is 14.0. The van der Waals surface area contributed by atoms with Crippen LogP contribution in [0.4, 0.5) is 0 Å². The molecule has 2 aromatic heterocycles. The van der Waals surface area contributed by atoms with E-state index in [9.17, 15) is 9.59 Å². The fourth-order valence-corrected chi connectivity index (χ4v) is 2.21. The third-order valence-electron chi connectivity index (χ3n) is 2.99. The molecule has 0 fully saturated rings. The molecule has 0 radical (unpaired) electrons.